The van der Waals surface area contributed by atoms with Gasteiger partial charge in [-0.1, -0.05) is 6.07 Å². The van der Waals surface area contributed by atoms with Gasteiger partial charge in [-0.25, -0.2) is 15.0 Å². The van der Waals surface area contributed by atoms with Crippen molar-refractivity contribution in [1.29, 1.82) is 0 Å². The van der Waals surface area contributed by atoms with Crippen LogP contribution in [0.1, 0.15) is 34.9 Å². The third-order valence-corrected chi connectivity index (χ3v) is 6.15. The summed E-state index contributed by atoms with van der Waals surface area (Å²) in [7, 11) is 3.61. The van der Waals surface area contributed by atoms with Crippen LogP contribution in [-0.4, -0.2) is 36.7 Å². The Morgan fingerprint density at radius 2 is 1.97 bits per heavy atom. The Morgan fingerprint density at radius 3 is 2.82 bits per heavy atom. The molecule has 0 spiro atoms. The average molecular weight is 442 g/mol. The highest BCUT2D eigenvalue weighted by Crippen LogP contribution is 2.25. The van der Waals surface area contributed by atoms with Gasteiger partial charge < -0.3 is 19.4 Å². The second-order valence-corrected chi connectivity index (χ2v) is 8.29. The summed E-state index contributed by atoms with van der Waals surface area (Å²) in [5.41, 5.74) is 6.45. The summed E-state index contributed by atoms with van der Waals surface area (Å²) >= 11 is 0. The van der Waals surface area contributed by atoms with E-state index < -0.39 is 0 Å². The van der Waals surface area contributed by atoms with Crippen LogP contribution >= 0.6 is 0 Å². The van der Waals surface area contributed by atoms with E-state index in [1.165, 1.54) is 10.9 Å². The quantitative estimate of drug-likeness (QED) is 0.378. The maximum absolute atomic E-state index is 9.45. The molecule has 0 aliphatic heterocycles. The molecule has 0 amide bonds. The Hall–Kier alpha value is -3.71. The number of H-pyrrole nitrogens is 1. The number of aryl methyl sites for hydroxylation is 3. The molecule has 0 radical (unpaired) electrons. The van der Waals surface area contributed by atoms with Crippen LogP contribution in [-0.2, 0) is 32.9 Å². The molecule has 5 aromatic rings. The zero-order valence-corrected chi connectivity index (χ0v) is 18.9. The third-order valence-electron chi connectivity index (χ3n) is 6.15. The maximum Gasteiger partial charge on any atom is 0.135 e. The van der Waals surface area contributed by atoms with E-state index in [1.54, 1.807) is 7.11 Å². The van der Waals surface area contributed by atoms with Gasteiger partial charge in [0.2, 0.25) is 0 Å². The molecule has 33 heavy (non-hydrogen) atoms. The van der Waals surface area contributed by atoms with E-state index in [0.717, 1.165) is 65.1 Å². The third kappa shape index (κ3) is 4.32. The number of nitrogens with one attached hydrogen (secondary N) is 1. The van der Waals surface area contributed by atoms with Crippen LogP contribution in [0.2, 0.25) is 0 Å². The molecule has 3 heterocycles. The Morgan fingerprint density at radius 1 is 1.06 bits per heavy atom. The molecule has 0 bridgehead atoms. The molecule has 0 atom stereocenters. The van der Waals surface area contributed by atoms with E-state index in [-0.39, 0.29) is 6.61 Å². The number of aliphatic hydroxyl groups is 1. The maximum atomic E-state index is 9.45. The van der Waals surface area contributed by atoms with Crippen molar-refractivity contribution < 1.29 is 9.84 Å². The Kier molecular flexibility index (Phi) is 5.79. The number of aromatic amines is 1. The van der Waals surface area contributed by atoms with E-state index in [9.17, 15) is 5.11 Å². The fourth-order valence-electron chi connectivity index (χ4n) is 4.34. The molecule has 0 saturated heterocycles. The average Bonchev–Trinajstić information content (AvgIpc) is 3.39. The molecule has 3 aromatic heterocycles. The number of hydrogen-bond donors (Lipinski definition) is 2. The van der Waals surface area contributed by atoms with Gasteiger partial charge in [-0.3, -0.25) is 0 Å². The van der Waals surface area contributed by atoms with Crippen molar-refractivity contribution in [2.45, 2.75) is 32.3 Å². The Labute approximate surface area is 192 Å². The molecule has 7 heteroatoms. The molecule has 0 unspecified atom stereocenters. The highest BCUT2D eigenvalue weighted by atomic mass is 16.5. The molecule has 0 saturated carbocycles. The summed E-state index contributed by atoms with van der Waals surface area (Å²) in [6.07, 6.45) is 7.39. The number of ether oxygens (including phenoxy) is 1. The number of methoxy groups -OCH3 is 1. The standard InChI is InChI=1S/C26H27N5O2/c1-31-24-9-6-17(13-23(24)30-26(31)16-32)12-19-10-11-27-25(29-19)5-3-4-18-15-28-22-8-7-20(33-2)14-21(18)22/h6-11,13-15,28,32H,3-5,12,16H2,1-2H3. The number of benzene rings is 2. The summed E-state index contributed by atoms with van der Waals surface area (Å²) in [6.45, 7) is -0.0676. The van der Waals surface area contributed by atoms with E-state index in [1.807, 2.05) is 29.9 Å². The lowest BCUT2D eigenvalue weighted by molar-refractivity contribution is 0.268. The van der Waals surface area contributed by atoms with Crippen LogP contribution in [0, 0.1) is 0 Å². The van der Waals surface area contributed by atoms with Gasteiger partial charge in [0.1, 0.15) is 24.0 Å². The predicted octanol–water partition coefficient (Wildman–Crippen LogP) is 4.11. The first-order valence-electron chi connectivity index (χ1n) is 11.1. The lowest BCUT2D eigenvalue weighted by Crippen LogP contribution is -2.01. The van der Waals surface area contributed by atoms with E-state index in [2.05, 4.69) is 51.5 Å². The minimum atomic E-state index is -0.0676. The number of aromatic nitrogens is 5. The van der Waals surface area contributed by atoms with Gasteiger partial charge in [0, 0.05) is 48.9 Å². The van der Waals surface area contributed by atoms with Gasteiger partial charge in [-0.15, -0.1) is 0 Å². The highest BCUT2D eigenvalue weighted by molar-refractivity contribution is 5.84. The van der Waals surface area contributed by atoms with Crippen LogP contribution in [0.5, 0.6) is 5.75 Å². The largest absolute Gasteiger partial charge is 0.497 e. The smallest absolute Gasteiger partial charge is 0.135 e. The molecule has 5 rings (SSSR count). The summed E-state index contributed by atoms with van der Waals surface area (Å²) < 4.78 is 7.29. The van der Waals surface area contributed by atoms with Crippen LogP contribution in [0.3, 0.4) is 0 Å². The van der Waals surface area contributed by atoms with Gasteiger partial charge in [-0.2, -0.15) is 0 Å². The molecular weight excluding hydrogens is 414 g/mol. The molecule has 0 aliphatic carbocycles. The van der Waals surface area contributed by atoms with Gasteiger partial charge in [-0.05, 0) is 60.4 Å². The lowest BCUT2D eigenvalue weighted by atomic mass is 10.1. The SMILES string of the molecule is COc1ccc2[nH]cc(CCCc3nccc(Cc4ccc5c(c4)nc(CO)n5C)n3)c2c1. The zero-order valence-electron chi connectivity index (χ0n) is 18.9. The second kappa shape index (κ2) is 9.03. The van der Waals surface area contributed by atoms with Crippen LogP contribution in [0.25, 0.3) is 21.9 Å². The van der Waals surface area contributed by atoms with Crippen molar-refractivity contribution >= 4 is 21.9 Å². The molecule has 2 N–H and O–H groups in total. The van der Waals surface area contributed by atoms with Crippen molar-refractivity contribution in [2.24, 2.45) is 7.05 Å². The van der Waals surface area contributed by atoms with E-state index >= 15 is 0 Å². The number of aliphatic hydroxyl groups excluding tert-OH is 1. The fourth-order valence-corrected chi connectivity index (χ4v) is 4.34. The highest BCUT2D eigenvalue weighted by Gasteiger charge is 2.09. The minimum Gasteiger partial charge on any atom is -0.497 e. The Balaban J connectivity index is 1.26. The van der Waals surface area contributed by atoms with E-state index in [4.69, 9.17) is 9.72 Å². The van der Waals surface area contributed by atoms with Crippen molar-refractivity contribution in [3.63, 3.8) is 0 Å². The van der Waals surface area contributed by atoms with Crippen molar-refractivity contribution in [3.05, 3.63) is 83.3 Å². The summed E-state index contributed by atoms with van der Waals surface area (Å²) in [5.74, 6) is 2.40. The molecule has 168 valence electrons. The molecule has 2 aromatic carbocycles. The van der Waals surface area contributed by atoms with Crippen molar-refractivity contribution in [3.8, 4) is 5.75 Å². The lowest BCUT2D eigenvalue weighted by Gasteiger charge is -2.05. The monoisotopic (exact) mass is 441 g/mol. The fraction of sp³-hybridized carbons (Fsp3) is 0.269. The first kappa shape index (κ1) is 21.2. The van der Waals surface area contributed by atoms with Gasteiger partial charge in [0.05, 0.1) is 18.1 Å². The topological polar surface area (TPSA) is 88.9 Å². The molecule has 0 aliphatic rings. The number of hydrogen-bond acceptors (Lipinski definition) is 5. The summed E-state index contributed by atoms with van der Waals surface area (Å²) in [5, 5.41) is 10.7. The van der Waals surface area contributed by atoms with Gasteiger partial charge in [0.25, 0.3) is 0 Å². The number of fused-ring (bicyclic) bond motifs is 2. The number of rotatable bonds is 8. The molecule has 7 nitrogen and oxygen atoms in total. The summed E-state index contributed by atoms with van der Waals surface area (Å²) in [4.78, 5) is 17.1. The first-order valence-corrected chi connectivity index (χ1v) is 11.1. The minimum absolute atomic E-state index is 0.0676. The van der Waals surface area contributed by atoms with Gasteiger partial charge >= 0.3 is 0 Å². The molecular formula is C26H27N5O2. The number of imidazole rings is 1. The van der Waals surface area contributed by atoms with Crippen molar-refractivity contribution in [1.82, 2.24) is 24.5 Å². The second-order valence-electron chi connectivity index (χ2n) is 8.29. The van der Waals surface area contributed by atoms with Crippen LogP contribution in [0.4, 0.5) is 0 Å². The summed E-state index contributed by atoms with van der Waals surface area (Å²) in [6, 6.07) is 14.3. The Bertz CT molecular complexity index is 1420. The predicted molar refractivity (Wildman–Crippen MR) is 128 cm³/mol. The zero-order chi connectivity index (χ0) is 22.8. The van der Waals surface area contributed by atoms with Gasteiger partial charge in [0.15, 0.2) is 0 Å². The first-order chi connectivity index (χ1) is 16.1. The van der Waals surface area contributed by atoms with Crippen LogP contribution in [0.15, 0.2) is 54.9 Å². The number of nitrogens with zero attached hydrogens (tertiary/aromatic N) is 4. The van der Waals surface area contributed by atoms with Crippen LogP contribution < -0.4 is 4.74 Å². The molecule has 0 fully saturated rings. The normalized spacial score (nSPS) is 11.5. The van der Waals surface area contributed by atoms with Crippen molar-refractivity contribution in [2.75, 3.05) is 7.11 Å². The van der Waals surface area contributed by atoms with E-state index in [0.29, 0.717) is 5.82 Å².